The molecule has 4 heterocycles. The second-order valence-electron chi connectivity index (χ2n) is 11.1. The molecular weight excluding hydrogens is 598 g/mol. The van der Waals surface area contributed by atoms with Crippen LogP contribution >= 0.6 is 27.7 Å². The summed E-state index contributed by atoms with van der Waals surface area (Å²) in [6, 6.07) is -0.655. The molecule has 1 N–H and O–H groups in total. The van der Waals surface area contributed by atoms with E-state index in [1.54, 1.807) is 28.8 Å². The molecule has 4 fully saturated rings. The van der Waals surface area contributed by atoms with Crippen molar-refractivity contribution in [2.45, 2.75) is 59.4 Å². The zero-order chi connectivity index (χ0) is 28.7. The molecule has 4 aliphatic heterocycles. The molecule has 2 amide bonds. The van der Waals surface area contributed by atoms with E-state index in [2.05, 4.69) is 34.0 Å². The van der Waals surface area contributed by atoms with Crippen LogP contribution in [0.3, 0.4) is 0 Å². The monoisotopic (exact) mass is 641 g/mol. The van der Waals surface area contributed by atoms with Gasteiger partial charge in [0.15, 0.2) is 0 Å². The van der Waals surface area contributed by atoms with E-state index in [4.69, 9.17) is 9.47 Å². The number of fused-ring (bicyclic) bond motifs is 1. The number of hydrogen-bond acceptors (Lipinski definition) is 8. The summed E-state index contributed by atoms with van der Waals surface area (Å²) < 4.78 is 10.5. The van der Waals surface area contributed by atoms with Crippen molar-refractivity contribution in [3.63, 3.8) is 0 Å². The molecule has 9 nitrogen and oxygen atoms in total. The highest BCUT2D eigenvalue weighted by Gasteiger charge is 2.76. The molecule has 0 aromatic heterocycles. The number of esters is 1. The van der Waals surface area contributed by atoms with Crippen LogP contribution in [0.5, 0.6) is 0 Å². The van der Waals surface area contributed by atoms with Crippen molar-refractivity contribution < 1.29 is 29.0 Å². The minimum absolute atomic E-state index is 0.0121. The number of morpholine rings is 1. The van der Waals surface area contributed by atoms with Gasteiger partial charge in [-0.2, -0.15) is 0 Å². The zero-order valence-corrected chi connectivity index (χ0v) is 25.8. The molecule has 0 aromatic carbocycles. The van der Waals surface area contributed by atoms with Gasteiger partial charge in [0.25, 0.3) is 0 Å². The molecule has 6 atom stereocenters. The van der Waals surface area contributed by atoms with Crippen LogP contribution in [0, 0.1) is 11.8 Å². The number of allylic oxidation sites excluding steroid dienone is 1. The summed E-state index contributed by atoms with van der Waals surface area (Å²) in [4.78, 5) is 47.9. The van der Waals surface area contributed by atoms with Crippen LogP contribution in [0.15, 0.2) is 25.3 Å². The van der Waals surface area contributed by atoms with Gasteiger partial charge in [-0.05, 0) is 38.5 Å². The maximum absolute atomic E-state index is 14.5. The second kappa shape index (κ2) is 14.7. The predicted molar refractivity (Wildman–Crippen MR) is 159 cm³/mol. The molecule has 0 aromatic rings. The average molecular weight is 643 g/mol. The fourth-order valence-corrected chi connectivity index (χ4v) is 10.3. The number of halogens is 1. The minimum atomic E-state index is -0.687. The lowest BCUT2D eigenvalue weighted by Gasteiger charge is -2.38. The number of carbonyl (C=O) groups is 3. The third-order valence-corrected chi connectivity index (χ3v) is 11.8. The van der Waals surface area contributed by atoms with Gasteiger partial charge in [-0.1, -0.05) is 28.1 Å². The van der Waals surface area contributed by atoms with Gasteiger partial charge < -0.3 is 24.4 Å². The van der Waals surface area contributed by atoms with E-state index in [0.717, 1.165) is 32.5 Å². The molecule has 2 bridgehead atoms. The highest BCUT2D eigenvalue weighted by Crippen LogP contribution is 2.68. The molecule has 1 spiro atoms. The summed E-state index contributed by atoms with van der Waals surface area (Å²) in [6.45, 7) is 13.1. The Morgan fingerprint density at radius 1 is 1.18 bits per heavy atom. The van der Waals surface area contributed by atoms with Crippen LogP contribution < -0.4 is 0 Å². The molecule has 224 valence electrons. The van der Waals surface area contributed by atoms with Crippen LogP contribution in [0.4, 0.5) is 0 Å². The van der Waals surface area contributed by atoms with E-state index >= 15 is 0 Å². The Kier molecular flexibility index (Phi) is 11.6. The number of likely N-dealkylation sites (tertiary alicyclic amines) is 1. The van der Waals surface area contributed by atoms with Crippen LogP contribution in [0.2, 0.25) is 0 Å². The van der Waals surface area contributed by atoms with Crippen LogP contribution in [0.25, 0.3) is 0 Å². The van der Waals surface area contributed by atoms with Crippen molar-refractivity contribution in [2.24, 2.45) is 11.8 Å². The molecular formula is C29H44BrN3O6S. The molecule has 0 aliphatic carbocycles. The Hall–Kier alpha value is -1.40. The summed E-state index contributed by atoms with van der Waals surface area (Å²) >= 11 is 5.45. The molecule has 0 saturated carbocycles. The van der Waals surface area contributed by atoms with Gasteiger partial charge in [0, 0.05) is 56.0 Å². The van der Waals surface area contributed by atoms with Gasteiger partial charge in [0.2, 0.25) is 11.8 Å². The first-order valence-electron chi connectivity index (χ1n) is 14.6. The van der Waals surface area contributed by atoms with Gasteiger partial charge in [-0.3, -0.25) is 19.3 Å². The lowest BCUT2D eigenvalue weighted by atomic mass is 9.71. The Morgan fingerprint density at radius 2 is 1.95 bits per heavy atom. The maximum atomic E-state index is 14.5. The number of aliphatic hydroxyl groups excluding tert-OH is 1. The first-order chi connectivity index (χ1) is 19.4. The van der Waals surface area contributed by atoms with Crippen LogP contribution in [-0.4, -0.2) is 124 Å². The molecule has 0 radical (unpaired) electrons. The molecule has 40 heavy (non-hydrogen) atoms. The number of thioether (sulfide) groups is 1. The van der Waals surface area contributed by atoms with Gasteiger partial charge in [0.05, 0.1) is 36.4 Å². The van der Waals surface area contributed by atoms with Gasteiger partial charge in [-0.25, -0.2) is 0 Å². The van der Waals surface area contributed by atoms with Crippen molar-refractivity contribution in [2.75, 3.05) is 65.7 Å². The van der Waals surface area contributed by atoms with Gasteiger partial charge >= 0.3 is 5.97 Å². The second-order valence-corrected chi connectivity index (χ2v) is 13.8. The summed E-state index contributed by atoms with van der Waals surface area (Å²) in [5.41, 5.74) is 0. The Bertz CT molecular complexity index is 933. The smallest absolute Gasteiger partial charge is 0.310 e. The Morgan fingerprint density at radius 3 is 2.65 bits per heavy atom. The number of aliphatic hydroxyl groups is 1. The number of hydrogen-bond donors (Lipinski definition) is 1. The summed E-state index contributed by atoms with van der Waals surface area (Å²) in [5.74, 6) is -1.69. The lowest BCUT2D eigenvalue weighted by Crippen LogP contribution is -2.56. The topological polar surface area (TPSA) is 99.6 Å². The number of carbonyl (C=O) groups excluding carboxylic acids is 3. The van der Waals surface area contributed by atoms with E-state index in [9.17, 15) is 19.5 Å². The molecule has 3 unspecified atom stereocenters. The maximum Gasteiger partial charge on any atom is 0.310 e. The van der Waals surface area contributed by atoms with Crippen molar-refractivity contribution in [3.8, 4) is 0 Å². The van der Waals surface area contributed by atoms with E-state index in [1.807, 2.05) is 4.90 Å². The Labute approximate surface area is 250 Å². The van der Waals surface area contributed by atoms with Crippen molar-refractivity contribution in [1.29, 1.82) is 0 Å². The van der Waals surface area contributed by atoms with Crippen molar-refractivity contribution in [3.05, 3.63) is 25.3 Å². The number of ether oxygens (including phenoxy) is 2. The van der Waals surface area contributed by atoms with E-state index < -0.39 is 22.6 Å². The van der Waals surface area contributed by atoms with Gasteiger partial charge in [0.1, 0.15) is 6.04 Å². The normalized spacial score (nSPS) is 31.3. The number of alkyl halides is 1. The molecule has 11 heteroatoms. The van der Waals surface area contributed by atoms with Crippen LogP contribution in [-0.2, 0) is 23.9 Å². The Balaban J connectivity index is 1.59. The number of unbranched alkanes of at least 4 members (excludes halogenated alkanes) is 3. The van der Waals surface area contributed by atoms with E-state index in [-0.39, 0.29) is 34.5 Å². The summed E-state index contributed by atoms with van der Waals surface area (Å²) in [6.07, 6.45) is 7.73. The van der Waals surface area contributed by atoms with Crippen molar-refractivity contribution >= 4 is 45.5 Å². The largest absolute Gasteiger partial charge is 0.465 e. The molecule has 4 saturated heterocycles. The average Bonchev–Trinajstić information content (AvgIpc) is 3.55. The highest BCUT2D eigenvalue weighted by atomic mass is 79.9. The lowest BCUT2D eigenvalue weighted by molar-refractivity contribution is -0.154. The van der Waals surface area contributed by atoms with E-state index in [1.165, 1.54) is 0 Å². The fraction of sp³-hybridized carbons (Fsp3) is 0.759. The first kappa shape index (κ1) is 31.5. The first-order valence-corrected chi connectivity index (χ1v) is 16.4. The predicted octanol–water partition coefficient (Wildman–Crippen LogP) is 2.47. The summed E-state index contributed by atoms with van der Waals surface area (Å²) in [5, 5.41) is 9.15. The van der Waals surface area contributed by atoms with Crippen LogP contribution in [0.1, 0.15) is 38.5 Å². The quantitative estimate of drug-likeness (QED) is 0.119. The summed E-state index contributed by atoms with van der Waals surface area (Å²) in [7, 11) is 0. The standard InChI is InChI=1S/C29H44BrN3O6S/c1-3-5-9-17-39-28(37)22-23-26(35)33(11-7-6-8-16-34)25(29(23)20-21(30)24(22)40-29)27(36)32(10-4-2)13-12-31-14-18-38-19-15-31/h3-4,21-25,34H,1-2,5-20H2/t21?,22-,23-,24-,25?,29?/m0/s1. The minimum Gasteiger partial charge on any atom is -0.465 e. The van der Waals surface area contributed by atoms with Crippen molar-refractivity contribution in [1.82, 2.24) is 14.7 Å². The highest BCUT2D eigenvalue weighted by molar-refractivity contribution is 9.09. The number of amides is 2. The third kappa shape index (κ3) is 6.48. The fourth-order valence-electron chi connectivity index (χ4n) is 6.69. The van der Waals surface area contributed by atoms with Gasteiger partial charge in [-0.15, -0.1) is 24.9 Å². The number of nitrogens with zero attached hydrogens (tertiary/aromatic N) is 3. The number of rotatable bonds is 16. The SMILES string of the molecule is C=CCCCOC(=O)[C@H]1[C@H]2C(=O)N(CCCCCO)C(C(=O)N(CC=C)CCN3CCOCC3)C23CC(Br)[C@@H]1S3. The zero-order valence-electron chi connectivity index (χ0n) is 23.4. The van der Waals surface area contributed by atoms with E-state index in [0.29, 0.717) is 65.1 Å². The third-order valence-electron chi connectivity index (χ3n) is 8.60. The molecule has 4 rings (SSSR count). The molecule has 4 aliphatic rings.